The van der Waals surface area contributed by atoms with Crippen LogP contribution in [-0.4, -0.2) is 40.3 Å². The molecule has 18 heteroatoms. The molecule has 570 valence electrons. The van der Waals surface area contributed by atoms with Crippen LogP contribution in [0.4, 0.5) is 0 Å². The molecule has 0 amide bonds. The molecule has 0 saturated heterocycles. The highest BCUT2D eigenvalue weighted by molar-refractivity contribution is 8.04. The molecule has 0 fully saturated rings. The molecule has 0 saturated carbocycles. The van der Waals surface area contributed by atoms with Gasteiger partial charge in [-0.2, -0.15) is 0 Å². The zero-order chi connectivity index (χ0) is 80.2. The van der Waals surface area contributed by atoms with Crippen molar-refractivity contribution in [3.8, 4) is 0 Å². The summed E-state index contributed by atoms with van der Waals surface area (Å²) in [5, 5.41) is 8.73. The molecular formula is C106H56B6S12. The van der Waals surface area contributed by atoms with Crippen molar-refractivity contribution >= 4 is 324 Å². The van der Waals surface area contributed by atoms with Gasteiger partial charge in [-0.15, -0.1) is 0 Å². The second-order valence-corrected chi connectivity index (χ2v) is 47.0. The van der Waals surface area contributed by atoms with Crippen LogP contribution in [0.1, 0.15) is 22.3 Å². The van der Waals surface area contributed by atoms with Gasteiger partial charge in [-0.05, 0) is 216 Å². The average Bonchev–Trinajstić information content (AvgIpc) is 1.23. The van der Waals surface area contributed by atoms with Crippen molar-refractivity contribution in [2.75, 3.05) is 0 Å². The Bertz CT molecular complexity index is 7760. The molecule has 0 N–H and O–H groups in total. The van der Waals surface area contributed by atoms with E-state index in [1.807, 2.05) is 141 Å². The van der Waals surface area contributed by atoms with Crippen LogP contribution in [0.25, 0.3) is 44.5 Å². The summed E-state index contributed by atoms with van der Waals surface area (Å²) in [6, 6.07) is 116. The summed E-state index contributed by atoms with van der Waals surface area (Å²) in [7, 11) is 0. The topological polar surface area (TPSA) is 0 Å². The largest absolute Gasteiger partial charge is 0.247 e. The van der Waals surface area contributed by atoms with Gasteiger partial charge in [0.05, 0.1) is 0 Å². The monoisotopic (exact) mass is 1780 g/mol. The third-order valence-electron chi connectivity index (χ3n) is 27.9. The number of benzene rings is 18. The fourth-order valence-corrected chi connectivity index (χ4v) is 38.1. The van der Waals surface area contributed by atoms with Gasteiger partial charge in [0.2, 0.25) is 40.3 Å². The van der Waals surface area contributed by atoms with E-state index < -0.39 is 0 Å². The van der Waals surface area contributed by atoms with Crippen LogP contribution in [0.15, 0.2) is 421 Å². The Morgan fingerprint density at radius 3 is 0.774 bits per heavy atom. The van der Waals surface area contributed by atoms with E-state index in [1.165, 1.54) is 254 Å². The molecule has 0 aromatic heterocycles. The first-order chi connectivity index (χ1) is 61.4. The Morgan fingerprint density at radius 1 is 0.169 bits per heavy atom. The smallest absolute Gasteiger partial charge is 0.0911 e. The van der Waals surface area contributed by atoms with E-state index in [1.54, 1.807) is 16.5 Å². The van der Waals surface area contributed by atoms with Crippen LogP contribution in [0.2, 0.25) is 0 Å². The summed E-state index contributed by atoms with van der Waals surface area (Å²) in [6.07, 6.45) is 7.02. The number of hydrogen-bond donors (Lipinski definition) is 0. The third-order valence-corrected chi connectivity index (χ3v) is 42.1. The maximum atomic E-state index is 2.61. The minimum atomic E-state index is 0.262. The quantitative estimate of drug-likeness (QED) is 0.133. The Kier molecular flexibility index (Phi) is 15.9. The molecule has 0 spiro atoms. The van der Waals surface area contributed by atoms with Gasteiger partial charge in [0.25, 0.3) is 0 Å². The molecule has 0 unspecified atom stereocenters. The van der Waals surface area contributed by atoms with E-state index in [4.69, 9.17) is 0 Å². The van der Waals surface area contributed by atoms with E-state index in [0.29, 0.717) is 13.4 Å². The average molecular weight is 1780 g/mol. The molecule has 12 aliphatic heterocycles. The predicted octanol–water partition coefficient (Wildman–Crippen LogP) is 17.8. The standard InChI is InChI=1S/C36H20B2S4.C36H18B2S4.C34H18B2S4/c2*1-3-9-25-21(7-1)37-23-17-19-15-16-20-18-24-36(32(31(19)20)35(23)41-29-13-5-11-27(39-25)33(29)37)42-30-14-6-12-28-34(30)38(24)22-8-2-4-10-26(22)40-28;1-3-9-24-21(7-1)35-23-17-19-15-16-30-32(20(19)18-31(23)40-27-12-5-11-26(37-24)33(27)35)36-22-8-2-4-10-25(22)38-28-13-6-14-29(39-30)34(28)36/h1-14,17-18H,15-16H2;1-18H;1-18H. The molecular weight excluding hydrogens is 1720 g/mol. The number of hydrogen-bond acceptors (Lipinski definition) is 12. The predicted molar refractivity (Wildman–Crippen MR) is 543 cm³/mol. The summed E-state index contributed by atoms with van der Waals surface area (Å²) >= 11 is 23.6. The molecule has 14 aliphatic rings. The molecule has 0 atom stereocenters. The van der Waals surface area contributed by atoms with Gasteiger partial charge in [-0.1, -0.05) is 395 Å². The van der Waals surface area contributed by atoms with E-state index in [9.17, 15) is 0 Å². The second-order valence-electron chi connectivity index (χ2n) is 34.2. The van der Waals surface area contributed by atoms with Crippen molar-refractivity contribution in [1.82, 2.24) is 0 Å². The van der Waals surface area contributed by atoms with E-state index in [2.05, 4.69) is 315 Å². The van der Waals surface area contributed by atoms with Gasteiger partial charge < -0.3 is 0 Å². The molecule has 0 bridgehead atoms. The minimum Gasteiger partial charge on any atom is -0.0911 e. The van der Waals surface area contributed by atoms with Gasteiger partial charge in [0.15, 0.2) is 0 Å². The number of aryl methyl sites for hydroxylation is 2. The Morgan fingerprint density at radius 2 is 0.427 bits per heavy atom. The summed E-state index contributed by atoms with van der Waals surface area (Å²) in [4.78, 5) is 34.0. The fraction of sp³-hybridized carbons (Fsp3) is 0.0189. The lowest BCUT2D eigenvalue weighted by Crippen LogP contribution is -2.59. The highest BCUT2D eigenvalue weighted by Crippen LogP contribution is 2.54. The SMILES string of the molecule is C1=Cc2cc3c(c4c5c(cc1c24)B1c2ccccc2Sc2cccc(c21)S5)Sc1cccc2c1B3c1ccccc1S2.c1ccc2c(c1)Sc1cccc3c1B2c1cc2c4c(cc5c(c4c1S3)Sc1cccc3c1B5c1ccccc1S3)CC2.c1ccc2c(c1)Sc1cccc3c1B2c1cc2ccc4c(c2cc1S3)B1c2ccccc2Sc2cccc(c21)S4. The summed E-state index contributed by atoms with van der Waals surface area (Å²) in [6.45, 7) is 1.67. The molecule has 124 heavy (non-hydrogen) atoms. The lowest BCUT2D eigenvalue weighted by molar-refractivity contribution is 1.03. The molecule has 2 aliphatic carbocycles. The Balaban J connectivity index is 0.0000000914. The summed E-state index contributed by atoms with van der Waals surface area (Å²) < 4.78 is 0. The molecule has 18 aromatic carbocycles. The fourth-order valence-electron chi connectivity index (χ4n) is 23.0. The summed E-state index contributed by atoms with van der Waals surface area (Å²) in [5.41, 5.74) is 32.5. The highest BCUT2D eigenvalue weighted by Gasteiger charge is 2.49. The van der Waals surface area contributed by atoms with Crippen LogP contribution < -0.4 is 98.3 Å². The van der Waals surface area contributed by atoms with E-state index in [-0.39, 0.29) is 26.9 Å². The zero-order valence-corrected chi connectivity index (χ0v) is 75.6. The lowest BCUT2D eigenvalue weighted by atomic mass is 9.35. The first kappa shape index (κ1) is 72.1. The van der Waals surface area contributed by atoms with Gasteiger partial charge >= 0.3 is 0 Å². The summed E-state index contributed by atoms with van der Waals surface area (Å²) in [5.74, 6) is 0. The second kappa shape index (κ2) is 27.3. The van der Waals surface area contributed by atoms with Crippen molar-refractivity contribution < 1.29 is 0 Å². The molecule has 18 aromatic rings. The van der Waals surface area contributed by atoms with Gasteiger partial charge in [-0.25, -0.2) is 0 Å². The van der Waals surface area contributed by atoms with Crippen molar-refractivity contribution in [2.24, 2.45) is 0 Å². The molecule has 0 radical (unpaired) electrons. The minimum absolute atomic E-state index is 0.262. The van der Waals surface area contributed by atoms with Crippen LogP contribution >= 0.6 is 141 Å². The van der Waals surface area contributed by atoms with Crippen LogP contribution in [0, 0.1) is 0 Å². The molecule has 32 rings (SSSR count). The highest BCUT2D eigenvalue weighted by atomic mass is 32.2. The van der Waals surface area contributed by atoms with Crippen LogP contribution in [-0.2, 0) is 12.8 Å². The zero-order valence-electron chi connectivity index (χ0n) is 65.8. The first-order valence-electron chi connectivity index (χ1n) is 42.5. The van der Waals surface area contributed by atoms with Crippen LogP contribution in [0.5, 0.6) is 0 Å². The van der Waals surface area contributed by atoms with Gasteiger partial charge in [0, 0.05) is 128 Å². The Labute approximate surface area is 771 Å². The van der Waals surface area contributed by atoms with Gasteiger partial charge in [-0.3, -0.25) is 0 Å². The number of rotatable bonds is 0. The molecule has 0 nitrogen and oxygen atoms in total. The Hall–Kier alpha value is -8.93. The van der Waals surface area contributed by atoms with Crippen molar-refractivity contribution in [3.05, 3.63) is 326 Å². The van der Waals surface area contributed by atoms with Gasteiger partial charge in [0.1, 0.15) is 0 Å². The van der Waals surface area contributed by atoms with Crippen LogP contribution in [0.3, 0.4) is 0 Å². The van der Waals surface area contributed by atoms with E-state index in [0.717, 1.165) is 12.8 Å². The van der Waals surface area contributed by atoms with E-state index >= 15 is 0 Å². The maximum Gasteiger partial charge on any atom is 0.247 e. The third kappa shape index (κ3) is 10.3. The van der Waals surface area contributed by atoms with Crippen molar-refractivity contribution in [3.63, 3.8) is 0 Å². The normalized spacial score (nSPS) is 15.5. The lowest BCUT2D eigenvalue weighted by Gasteiger charge is -2.36. The first-order valence-corrected chi connectivity index (χ1v) is 52.3. The maximum absolute atomic E-state index is 2.61. The number of fused-ring (bicyclic) bond motifs is 30. The van der Waals surface area contributed by atoms with Crippen molar-refractivity contribution in [2.45, 2.75) is 130 Å². The molecule has 12 heterocycles. The van der Waals surface area contributed by atoms with Crippen molar-refractivity contribution in [1.29, 1.82) is 0 Å².